The molecule has 0 aliphatic carbocycles. The van der Waals surface area contributed by atoms with Gasteiger partial charge >= 0.3 is 6.18 Å². The Hall–Kier alpha value is -2.75. The van der Waals surface area contributed by atoms with Crippen molar-refractivity contribution in [2.45, 2.75) is 19.0 Å². The minimum atomic E-state index is -4.28. The second kappa shape index (κ2) is 8.17. The number of rotatable bonds is 4. The molecule has 30 heavy (non-hydrogen) atoms. The molecule has 1 fully saturated rings. The minimum absolute atomic E-state index is 0.0870. The van der Waals surface area contributed by atoms with Crippen molar-refractivity contribution in [2.75, 3.05) is 31.1 Å². The molecule has 4 rings (SSSR count). The predicted molar refractivity (Wildman–Crippen MR) is 106 cm³/mol. The number of hydrogen-bond donors (Lipinski definition) is 0. The highest BCUT2D eigenvalue weighted by Crippen LogP contribution is 2.34. The van der Waals surface area contributed by atoms with Gasteiger partial charge < -0.3 is 9.80 Å². The number of thiophene rings is 1. The summed E-state index contributed by atoms with van der Waals surface area (Å²) in [6.07, 6.45) is -3.79. The Morgan fingerprint density at radius 1 is 1.10 bits per heavy atom. The molecule has 0 unspecified atom stereocenters. The lowest BCUT2D eigenvalue weighted by Crippen LogP contribution is -2.49. The first-order valence-electron chi connectivity index (χ1n) is 9.36. The summed E-state index contributed by atoms with van der Waals surface area (Å²) in [5.74, 6) is 0.122. The number of aromatic nitrogens is 2. The fourth-order valence-corrected chi connectivity index (χ4v) is 4.55. The van der Waals surface area contributed by atoms with Gasteiger partial charge in [-0.25, -0.2) is 14.4 Å². The molecule has 2 aromatic heterocycles. The fourth-order valence-electron chi connectivity index (χ4n) is 3.53. The Balaban J connectivity index is 1.43. The summed E-state index contributed by atoms with van der Waals surface area (Å²) in [7, 11) is 0. The average Bonchev–Trinajstić information content (AvgIpc) is 3.08. The fraction of sp³-hybridized carbons (Fsp3) is 0.350. The molecule has 0 spiro atoms. The molecule has 3 heterocycles. The zero-order chi connectivity index (χ0) is 21.3. The van der Waals surface area contributed by atoms with Crippen LogP contribution in [0.4, 0.5) is 23.4 Å². The molecule has 1 aliphatic rings. The van der Waals surface area contributed by atoms with Crippen LogP contribution in [0.1, 0.15) is 10.4 Å². The van der Waals surface area contributed by atoms with Gasteiger partial charge in [0.05, 0.1) is 18.2 Å². The molecular weight excluding hydrogens is 420 g/mol. The molecule has 0 radical (unpaired) electrons. The smallest absolute Gasteiger partial charge is 0.352 e. The van der Waals surface area contributed by atoms with Gasteiger partial charge in [-0.05, 0) is 23.8 Å². The summed E-state index contributed by atoms with van der Waals surface area (Å²) in [6, 6.07) is 7.47. The predicted octanol–water partition coefficient (Wildman–Crippen LogP) is 3.83. The quantitative estimate of drug-likeness (QED) is 0.581. The maximum atomic E-state index is 13.3. The normalized spacial score (nSPS) is 15.1. The first-order valence-corrected chi connectivity index (χ1v) is 10.2. The van der Waals surface area contributed by atoms with E-state index in [2.05, 4.69) is 9.97 Å². The van der Waals surface area contributed by atoms with Gasteiger partial charge in [-0.2, -0.15) is 13.2 Å². The van der Waals surface area contributed by atoms with E-state index in [0.29, 0.717) is 47.8 Å². The monoisotopic (exact) mass is 438 g/mol. The van der Waals surface area contributed by atoms with Gasteiger partial charge in [0.2, 0.25) is 5.91 Å². The first kappa shape index (κ1) is 20.5. The standard InChI is InChI=1S/C20H18F4N4OS/c21-14-3-1-2-13(8-14)9-17(29)27-4-6-28(7-5-27)18-16-10-15(11-20(22,23)24)30-19(16)26-12-25-18/h1-3,8,10,12H,4-7,9,11H2. The van der Waals surface area contributed by atoms with Crippen molar-refractivity contribution < 1.29 is 22.4 Å². The number of carbonyl (C=O) groups is 1. The summed E-state index contributed by atoms with van der Waals surface area (Å²) in [4.78, 5) is 25.3. The van der Waals surface area contributed by atoms with E-state index in [9.17, 15) is 22.4 Å². The van der Waals surface area contributed by atoms with Crippen molar-refractivity contribution in [2.24, 2.45) is 0 Å². The second-order valence-electron chi connectivity index (χ2n) is 7.10. The van der Waals surface area contributed by atoms with Crippen LogP contribution in [0.2, 0.25) is 0 Å². The number of piperazine rings is 1. The minimum Gasteiger partial charge on any atom is -0.352 e. The highest BCUT2D eigenvalue weighted by atomic mass is 32.1. The van der Waals surface area contributed by atoms with Crippen molar-refractivity contribution in [3.05, 3.63) is 52.9 Å². The van der Waals surface area contributed by atoms with Crippen LogP contribution in [0, 0.1) is 5.82 Å². The van der Waals surface area contributed by atoms with Crippen LogP contribution < -0.4 is 4.90 Å². The van der Waals surface area contributed by atoms with Crippen LogP contribution in [0.5, 0.6) is 0 Å². The molecule has 0 N–H and O–H groups in total. The van der Waals surface area contributed by atoms with Crippen LogP contribution in [-0.4, -0.2) is 53.1 Å². The van der Waals surface area contributed by atoms with Crippen molar-refractivity contribution in [1.82, 2.24) is 14.9 Å². The number of fused-ring (bicyclic) bond motifs is 1. The third kappa shape index (κ3) is 4.69. The number of benzene rings is 1. The maximum Gasteiger partial charge on any atom is 0.393 e. The van der Waals surface area contributed by atoms with Gasteiger partial charge in [0.25, 0.3) is 0 Å². The van der Waals surface area contributed by atoms with E-state index in [1.165, 1.54) is 24.5 Å². The van der Waals surface area contributed by atoms with E-state index in [4.69, 9.17) is 0 Å². The number of alkyl halides is 3. The van der Waals surface area contributed by atoms with E-state index in [0.717, 1.165) is 11.3 Å². The van der Waals surface area contributed by atoms with Gasteiger partial charge in [0.15, 0.2) is 0 Å². The maximum absolute atomic E-state index is 13.3. The number of halogens is 4. The van der Waals surface area contributed by atoms with Crippen LogP contribution in [0.3, 0.4) is 0 Å². The van der Waals surface area contributed by atoms with Crippen molar-refractivity contribution in [3.8, 4) is 0 Å². The van der Waals surface area contributed by atoms with E-state index in [1.54, 1.807) is 17.0 Å². The molecule has 1 aliphatic heterocycles. The van der Waals surface area contributed by atoms with E-state index in [1.807, 2.05) is 4.90 Å². The van der Waals surface area contributed by atoms with Gasteiger partial charge in [0.1, 0.15) is 22.8 Å². The molecule has 10 heteroatoms. The van der Waals surface area contributed by atoms with Gasteiger partial charge in [0, 0.05) is 31.1 Å². The van der Waals surface area contributed by atoms with Crippen molar-refractivity contribution in [3.63, 3.8) is 0 Å². The summed E-state index contributed by atoms with van der Waals surface area (Å²) in [5, 5.41) is 0.598. The van der Waals surface area contributed by atoms with Gasteiger partial charge in [-0.3, -0.25) is 4.79 Å². The number of anilines is 1. The summed E-state index contributed by atoms with van der Waals surface area (Å²) in [5.41, 5.74) is 0.621. The number of carbonyl (C=O) groups excluding carboxylic acids is 1. The molecule has 3 aromatic rings. The summed E-state index contributed by atoms with van der Waals surface area (Å²) < 4.78 is 51.5. The Labute approximate surface area is 174 Å². The molecule has 0 saturated carbocycles. The van der Waals surface area contributed by atoms with Crippen molar-refractivity contribution in [1.29, 1.82) is 0 Å². The summed E-state index contributed by atoms with van der Waals surface area (Å²) >= 11 is 1.02. The van der Waals surface area contributed by atoms with Gasteiger partial charge in [-0.15, -0.1) is 11.3 Å². The highest BCUT2D eigenvalue weighted by Gasteiger charge is 2.30. The van der Waals surface area contributed by atoms with Crippen LogP contribution >= 0.6 is 11.3 Å². The molecule has 5 nitrogen and oxygen atoms in total. The molecule has 1 aromatic carbocycles. The Kier molecular flexibility index (Phi) is 5.59. The number of nitrogens with zero attached hydrogens (tertiary/aromatic N) is 4. The molecule has 1 amide bonds. The lowest BCUT2D eigenvalue weighted by Gasteiger charge is -2.35. The van der Waals surface area contributed by atoms with Crippen molar-refractivity contribution >= 4 is 33.3 Å². The van der Waals surface area contributed by atoms with Crippen LogP contribution in [0.25, 0.3) is 10.2 Å². The molecular formula is C20H18F4N4OS. The lowest BCUT2D eigenvalue weighted by molar-refractivity contribution is -0.130. The Morgan fingerprint density at radius 2 is 1.87 bits per heavy atom. The molecule has 0 atom stereocenters. The zero-order valence-electron chi connectivity index (χ0n) is 15.8. The highest BCUT2D eigenvalue weighted by molar-refractivity contribution is 7.18. The van der Waals surface area contributed by atoms with E-state index >= 15 is 0 Å². The van der Waals surface area contributed by atoms with Gasteiger partial charge in [-0.1, -0.05) is 12.1 Å². The molecule has 158 valence electrons. The number of amides is 1. The SMILES string of the molecule is O=C(Cc1cccc(F)c1)N1CCN(c2ncnc3sc(CC(F)(F)F)cc23)CC1. The lowest BCUT2D eigenvalue weighted by atomic mass is 10.1. The molecule has 0 bridgehead atoms. The van der Waals surface area contributed by atoms with Crippen LogP contribution in [-0.2, 0) is 17.6 Å². The Morgan fingerprint density at radius 3 is 2.57 bits per heavy atom. The molecule has 1 saturated heterocycles. The first-order chi connectivity index (χ1) is 14.3. The average molecular weight is 438 g/mol. The zero-order valence-corrected chi connectivity index (χ0v) is 16.6. The van der Waals surface area contributed by atoms with Crippen LogP contribution in [0.15, 0.2) is 36.7 Å². The third-order valence-electron chi connectivity index (χ3n) is 4.91. The largest absolute Gasteiger partial charge is 0.393 e. The second-order valence-corrected chi connectivity index (χ2v) is 8.21. The summed E-state index contributed by atoms with van der Waals surface area (Å²) in [6.45, 7) is 1.93. The third-order valence-corrected chi connectivity index (χ3v) is 5.95. The number of hydrogen-bond acceptors (Lipinski definition) is 5. The van der Waals surface area contributed by atoms with E-state index < -0.39 is 12.6 Å². The topological polar surface area (TPSA) is 49.3 Å². The Bertz CT molecular complexity index is 1060. The van der Waals surface area contributed by atoms with E-state index in [-0.39, 0.29) is 23.0 Å².